The molecule has 1 aliphatic carbocycles. The topological polar surface area (TPSA) is 52.5 Å². The standard InChI is InChI=1S/C13H17NO2.ClH/c15-7-10-12(9-4-2-1-3-5-9)13(10)8-14-6-11(13)16;/h1-5,10-12,14-16H,6-8H2;1H/t10-,11-,12-,13-;/m1./s1. The average Bonchev–Trinajstić information content (AvgIpc) is 2.84. The number of aliphatic hydroxyl groups is 2. The van der Waals surface area contributed by atoms with Crippen molar-refractivity contribution in [3.8, 4) is 0 Å². The van der Waals surface area contributed by atoms with Crippen molar-refractivity contribution < 1.29 is 10.2 Å². The molecule has 17 heavy (non-hydrogen) atoms. The number of nitrogens with one attached hydrogen (secondary N) is 1. The van der Waals surface area contributed by atoms with E-state index in [1.807, 2.05) is 18.2 Å². The summed E-state index contributed by atoms with van der Waals surface area (Å²) < 4.78 is 0. The summed E-state index contributed by atoms with van der Waals surface area (Å²) in [7, 11) is 0. The second kappa shape index (κ2) is 4.58. The number of benzene rings is 1. The molecule has 0 amide bonds. The molecule has 1 spiro atoms. The van der Waals surface area contributed by atoms with Crippen LogP contribution in [0.4, 0.5) is 0 Å². The molecule has 0 aromatic heterocycles. The number of rotatable bonds is 2. The normalized spacial score (nSPS) is 39.1. The third-order valence-corrected chi connectivity index (χ3v) is 4.31. The Balaban J connectivity index is 0.00000108. The van der Waals surface area contributed by atoms with E-state index in [1.54, 1.807) is 0 Å². The fourth-order valence-corrected chi connectivity index (χ4v) is 3.45. The molecule has 1 aliphatic heterocycles. The molecule has 3 nitrogen and oxygen atoms in total. The Morgan fingerprint density at radius 2 is 2.00 bits per heavy atom. The predicted octanol–water partition coefficient (Wildman–Crippen LogP) is 0.765. The minimum Gasteiger partial charge on any atom is -0.396 e. The van der Waals surface area contributed by atoms with Gasteiger partial charge in [-0.2, -0.15) is 0 Å². The van der Waals surface area contributed by atoms with Gasteiger partial charge in [0.1, 0.15) is 0 Å². The van der Waals surface area contributed by atoms with E-state index in [9.17, 15) is 10.2 Å². The van der Waals surface area contributed by atoms with Crippen LogP contribution in [0.2, 0.25) is 0 Å². The summed E-state index contributed by atoms with van der Waals surface area (Å²) in [6.07, 6.45) is -0.324. The molecule has 1 heterocycles. The van der Waals surface area contributed by atoms with Gasteiger partial charge in [0.2, 0.25) is 0 Å². The Bertz CT molecular complexity index is 386. The molecule has 0 unspecified atom stereocenters. The summed E-state index contributed by atoms with van der Waals surface area (Å²) in [6.45, 7) is 1.64. The minimum absolute atomic E-state index is 0. The number of β-amino-alcohol motifs (C(OH)–C–C–N with tert-alkyl or cyclic N) is 1. The summed E-state index contributed by atoms with van der Waals surface area (Å²) in [5.41, 5.74) is 1.13. The van der Waals surface area contributed by atoms with Gasteiger partial charge in [-0.25, -0.2) is 0 Å². The summed E-state index contributed by atoms with van der Waals surface area (Å²) >= 11 is 0. The molecule has 3 rings (SSSR count). The van der Waals surface area contributed by atoms with Gasteiger partial charge in [0, 0.05) is 25.1 Å². The van der Waals surface area contributed by atoms with Crippen molar-refractivity contribution in [1.82, 2.24) is 5.32 Å². The van der Waals surface area contributed by atoms with Crippen LogP contribution in [0.1, 0.15) is 11.5 Å². The predicted molar refractivity (Wildman–Crippen MR) is 68.3 cm³/mol. The first-order valence-corrected chi connectivity index (χ1v) is 5.85. The molecule has 2 aliphatic rings. The van der Waals surface area contributed by atoms with Crippen LogP contribution in [-0.4, -0.2) is 36.0 Å². The van der Waals surface area contributed by atoms with Gasteiger partial charge in [0.05, 0.1) is 6.10 Å². The van der Waals surface area contributed by atoms with Gasteiger partial charge in [-0.1, -0.05) is 30.3 Å². The molecule has 4 atom stereocenters. The van der Waals surface area contributed by atoms with E-state index in [4.69, 9.17) is 0 Å². The molecule has 1 aromatic carbocycles. The van der Waals surface area contributed by atoms with E-state index in [-0.39, 0.29) is 36.5 Å². The first-order valence-electron chi connectivity index (χ1n) is 5.85. The first kappa shape index (κ1) is 12.8. The fourth-order valence-electron chi connectivity index (χ4n) is 3.45. The van der Waals surface area contributed by atoms with Crippen molar-refractivity contribution in [2.24, 2.45) is 11.3 Å². The van der Waals surface area contributed by atoms with Gasteiger partial charge >= 0.3 is 0 Å². The molecular formula is C13H18ClNO2. The SMILES string of the molecule is Cl.OC[C@@H]1[C@@H](c2ccccc2)[C@]12CNC[C@H]2O. The van der Waals surface area contributed by atoms with Gasteiger partial charge in [-0.3, -0.25) is 0 Å². The van der Waals surface area contributed by atoms with Crippen LogP contribution in [0, 0.1) is 11.3 Å². The Morgan fingerprint density at radius 1 is 1.29 bits per heavy atom. The van der Waals surface area contributed by atoms with E-state index in [0.29, 0.717) is 12.5 Å². The van der Waals surface area contributed by atoms with Crippen LogP contribution in [-0.2, 0) is 0 Å². The Labute approximate surface area is 107 Å². The number of hydrogen-bond donors (Lipinski definition) is 3. The van der Waals surface area contributed by atoms with Gasteiger partial charge in [-0.05, 0) is 17.4 Å². The Hall–Kier alpha value is -0.610. The quantitative estimate of drug-likeness (QED) is 0.732. The lowest BCUT2D eigenvalue weighted by Crippen LogP contribution is -2.23. The number of halogens is 1. The van der Waals surface area contributed by atoms with Crippen LogP contribution >= 0.6 is 12.4 Å². The lowest BCUT2D eigenvalue weighted by Gasteiger charge is -2.13. The zero-order valence-electron chi connectivity index (χ0n) is 9.54. The largest absolute Gasteiger partial charge is 0.396 e. The summed E-state index contributed by atoms with van der Waals surface area (Å²) in [5.74, 6) is 0.517. The molecule has 4 heteroatoms. The highest BCUT2D eigenvalue weighted by Gasteiger charge is 2.69. The second-order valence-corrected chi connectivity index (χ2v) is 4.94. The van der Waals surface area contributed by atoms with E-state index in [2.05, 4.69) is 17.4 Å². The monoisotopic (exact) mass is 255 g/mol. The van der Waals surface area contributed by atoms with Crippen molar-refractivity contribution in [2.75, 3.05) is 19.7 Å². The molecule has 1 aromatic rings. The maximum atomic E-state index is 10.1. The summed E-state index contributed by atoms with van der Waals surface area (Å²) in [6, 6.07) is 10.2. The Kier molecular flexibility index (Phi) is 3.46. The highest BCUT2D eigenvalue weighted by Crippen LogP contribution is 2.67. The van der Waals surface area contributed by atoms with Crippen molar-refractivity contribution in [3.05, 3.63) is 35.9 Å². The second-order valence-electron chi connectivity index (χ2n) is 4.94. The average molecular weight is 256 g/mol. The Morgan fingerprint density at radius 3 is 2.53 bits per heavy atom. The number of aliphatic hydroxyl groups excluding tert-OH is 2. The third-order valence-electron chi connectivity index (χ3n) is 4.31. The van der Waals surface area contributed by atoms with Crippen molar-refractivity contribution in [3.63, 3.8) is 0 Å². The van der Waals surface area contributed by atoms with Crippen LogP contribution in [0.5, 0.6) is 0 Å². The maximum Gasteiger partial charge on any atom is 0.0742 e. The van der Waals surface area contributed by atoms with Crippen molar-refractivity contribution in [2.45, 2.75) is 12.0 Å². The molecule has 0 bridgehead atoms. The molecule has 1 saturated carbocycles. The van der Waals surface area contributed by atoms with E-state index in [0.717, 1.165) is 6.54 Å². The lowest BCUT2D eigenvalue weighted by atomic mass is 9.95. The van der Waals surface area contributed by atoms with Crippen LogP contribution in [0.25, 0.3) is 0 Å². The molecule has 1 saturated heterocycles. The van der Waals surface area contributed by atoms with Crippen molar-refractivity contribution >= 4 is 12.4 Å². The molecule has 0 radical (unpaired) electrons. The molecule has 2 fully saturated rings. The molecule has 94 valence electrons. The van der Waals surface area contributed by atoms with Gasteiger partial charge in [0.15, 0.2) is 0 Å². The van der Waals surface area contributed by atoms with Crippen LogP contribution in [0.3, 0.4) is 0 Å². The highest BCUT2D eigenvalue weighted by molar-refractivity contribution is 5.85. The van der Waals surface area contributed by atoms with E-state index in [1.165, 1.54) is 5.56 Å². The molecule has 3 N–H and O–H groups in total. The highest BCUT2D eigenvalue weighted by atomic mass is 35.5. The zero-order chi connectivity index (χ0) is 11.2. The fraction of sp³-hybridized carbons (Fsp3) is 0.538. The summed E-state index contributed by atoms with van der Waals surface area (Å²) in [5, 5.41) is 22.7. The lowest BCUT2D eigenvalue weighted by molar-refractivity contribution is 0.113. The van der Waals surface area contributed by atoms with Crippen LogP contribution in [0.15, 0.2) is 30.3 Å². The number of hydrogen-bond acceptors (Lipinski definition) is 3. The van der Waals surface area contributed by atoms with Gasteiger partial charge in [0.25, 0.3) is 0 Å². The third kappa shape index (κ3) is 1.69. The van der Waals surface area contributed by atoms with Crippen LogP contribution < -0.4 is 5.32 Å². The first-order chi connectivity index (χ1) is 7.80. The zero-order valence-corrected chi connectivity index (χ0v) is 10.4. The van der Waals surface area contributed by atoms with Gasteiger partial charge < -0.3 is 15.5 Å². The minimum atomic E-state index is -0.324. The van der Waals surface area contributed by atoms with Gasteiger partial charge in [-0.15, -0.1) is 12.4 Å². The smallest absolute Gasteiger partial charge is 0.0742 e. The summed E-state index contributed by atoms with van der Waals surface area (Å²) in [4.78, 5) is 0. The maximum absolute atomic E-state index is 10.1. The van der Waals surface area contributed by atoms with E-state index < -0.39 is 0 Å². The molecular weight excluding hydrogens is 238 g/mol. The van der Waals surface area contributed by atoms with E-state index >= 15 is 0 Å². The van der Waals surface area contributed by atoms with Crippen molar-refractivity contribution in [1.29, 1.82) is 0 Å².